The number of esters is 1. The highest BCUT2D eigenvalue weighted by atomic mass is 28.4. The molecular weight excluding hydrogens is 617 g/mol. The van der Waals surface area contributed by atoms with Gasteiger partial charge in [0.2, 0.25) is 0 Å². The van der Waals surface area contributed by atoms with Crippen molar-refractivity contribution in [1.29, 1.82) is 0 Å². The number of Topliss-reactive ketones (excluding diaryl/α,β-unsaturated/α-hetero) is 1. The zero-order valence-electron chi connectivity index (χ0n) is 31.9. The van der Waals surface area contributed by atoms with Gasteiger partial charge in [0.15, 0.2) is 14.1 Å². The summed E-state index contributed by atoms with van der Waals surface area (Å²) in [6.07, 6.45) is 3.11. The summed E-state index contributed by atoms with van der Waals surface area (Å²) in [6.45, 7) is 27.8. The van der Waals surface area contributed by atoms with E-state index in [1.807, 2.05) is 39.8 Å². The minimum absolute atomic E-state index is 0.00608. The second-order valence-corrected chi connectivity index (χ2v) is 25.4. The molecule has 0 fully saturated rings. The van der Waals surface area contributed by atoms with E-state index in [1.165, 1.54) is 0 Å². The Hall–Kier alpha value is -2.07. The van der Waals surface area contributed by atoms with E-state index in [4.69, 9.17) is 13.6 Å². The predicted octanol–water partition coefficient (Wildman–Crippen LogP) is 9.48. The Labute approximate surface area is 289 Å². The molecule has 0 spiro atoms. The van der Waals surface area contributed by atoms with Crippen LogP contribution in [0.4, 0.5) is 0 Å². The van der Waals surface area contributed by atoms with Gasteiger partial charge in [-0.25, -0.2) is 0 Å². The molecule has 5 nitrogen and oxygen atoms in total. The zero-order valence-corrected chi connectivity index (χ0v) is 33.9. The first-order chi connectivity index (χ1) is 21.8. The molecule has 2 rings (SSSR count). The zero-order chi connectivity index (χ0) is 35.6. The van der Waals surface area contributed by atoms with Crippen molar-refractivity contribution in [3.8, 4) is 0 Å². The predicted molar refractivity (Wildman–Crippen MR) is 203 cm³/mol. The summed E-state index contributed by atoms with van der Waals surface area (Å²) in [5.41, 5.74) is 0. The fourth-order valence-electron chi connectivity index (χ4n) is 6.31. The first-order valence-corrected chi connectivity index (χ1v) is 22.8. The van der Waals surface area contributed by atoms with Crippen molar-refractivity contribution in [2.24, 2.45) is 11.8 Å². The molecule has 0 saturated carbocycles. The molecule has 0 aliphatic carbocycles. The molecule has 0 aliphatic heterocycles. The number of hydrogen-bond donors (Lipinski definition) is 0. The van der Waals surface area contributed by atoms with Crippen LogP contribution >= 0.6 is 0 Å². The Kier molecular flexibility index (Phi) is 15.3. The van der Waals surface area contributed by atoms with Crippen LogP contribution in [0.3, 0.4) is 0 Å². The van der Waals surface area contributed by atoms with Crippen molar-refractivity contribution in [1.82, 2.24) is 0 Å². The summed E-state index contributed by atoms with van der Waals surface area (Å²) < 4.78 is 20.6. The van der Waals surface area contributed by atoms with Crippen LogP contribution in [0.25, 0.3) is 0 Å². The van der Waals surface area contributed by atoms with E-state index >= 15 is 0 Å². The van der Waals surface area contributed by atoms with Crippen LogP contribution in [0.15, 0.2) is 60.7 Å². The highest BCUT2D eigenvalue weighted by molar-refractivity contribution is 6.99. The maximum atomic E-state index is 14.6. The first-order valence-electron chi connectivity index (χ1n) is 18.0. The number of carbonyl (C=O) groups excluding carboxylic acids is 2. The van der Waals surface area contributed by atoms with E-state index in [2.05, 4.69) is 110 Å². The summed E-state index contributed by atoms with van der Waals surface area (Å²) in [7, 11) is -5.24. The third-order valence-electron chi connectivity index (χ3n) is 9.89. The second-order valence-electron chi connectivity index (χ2n) is 16.4. The summed E-state index contributed by atoms with van der Waals surface area (Å²) in [4.78, 5) is 28.1. The van der Waals surface area contributed by atoms with Gasteiger partial charge in [-0.2, -0.15) is 0 Å². The molecule has 0 radical (unpaired) electrons. The van der Waals surface area contributed by atoms with Gasteiger partial charge >= 0.3 is 5.97 Å². The number of unbranched alkanes of at least 4 members (excludes halogenated alkanes) is 3. The highest BCUT2D eigenvalue weighted by Gasteiger charge is 2.53. The van der Waals surface area contributed by atoms with E-state index in [9.17, 15) is 9.59 Å². The van der Waals surface area contributed by atoms with Gasteiger partial charge in [-0.1, -0.05) is 149 Å². The Morgan fingerprint density at radius 1 is 0.723 bits per heavy atom. The third-order valence-corrected chi connectivity index (χ3v) is 19.6. The minimum Gasteiger partial charge on any atom is -0.459 e. The van der Waals surface area contributed by atoms with Gasteiger partial charge in [-0.05, 0) is 59.7 Å². The van der Waals surface area contributed by atoms with Crippen LogP contribution in [0, 0.1) is 11.8 Å². The van der Waals surface area contributed by atoms with Gasteiger partial charge in [-0.3, -0.25) is 9.59 Å². The number of carbonyl (C=O) groups is 2. The maximum Gasteiger partial charge on any atom is 0.306 e. The average molecular weight is 683 g/mol. The number of hydrogen-bond acceptors (Lipinski definition) is 5. The minimum atomic E-state index is -3.00. The van der Waals surface area contributed by atoms with Crippen LogP contribution in [-0.2, 0) is 23.2 Å². The van der Waals surface area contributed by atoms with Gasteiger partial charge in [-0.15, -0.1) is 0 Å². The lowest BCUT2D eigenvalue weighted by molar-refractivity contribution is -0.162. The van der Waals surface area contributed by atoms with Gasteiger partial charge in [0.05, 0.1) is 12.0 Å². The number of rotatable bonds is 18. The second kappa shape index (κ2) is 17.5. The number of benzene rings is 2. The van der Waals surface area contributed by atoms with Crippen LogP contribution in [0.1, 0.15) is 115 Å². The maximum absolute atomic E-state index is 14.6. The smallest absolute Gasteiger partial charge is 0.306 e. The average Bonchev–Trinajstić information content (AvgIpc) is 2.97. The first kappa shape index (κ1) is 41.1. The standard InChI is InChI=1S/C40H66O5Si2/c1-14-15-16-23-28-35(37(42)31(4)44-46(12,13)39(6,7)8)38(43-36(41)29-30(2)3)32(5)45-47(40(9,10)11,33-24-19-17-20-25-33)34-26-21-18-22-27-34/h17-22,24-27,30-32,35,38H,14-16,23,28-29H2,1-13H3/t31-,32-,35+,38-/m0/s1. The summed E-state index contributed by atoms with van der Waals surface area (Å²) in [5.74, 6) is -0.689. The van der Waals surface area contributed by atoms with Gasteiger partial charge in [0.1, 0.15) is 12.2 Å². The molecule has 0 amide bonds. The summed E-state index contributed by atoms with van der Waals surface area (Å²) in [6, 6.07) is 21.0. The monoisotopic (exact) mass is 682 g/mol. The lowest BCUT2D eigenvalue weighted by Gasteiger charge is -2.46. The van der Waals surface area contributed by atoms with E-state index < -0.39 is 40.9 Å². The molecule has 47 heavy (non-hydrogen) atoms. The summed E-state index contributed by atoms with van der Waals surface area (Å²) in [5, 5.41) is 1.99. The molecule has 0 saturated heterocycles. The molecule has 0 aliphatic rings. The lowest BCUT2D eigenvalue weighted by atomic mass is 9.86. The van der Waals surface area contributed by atoms with E-state index in [0.29, 0.717) is 6.42 Å². The fourth-order valence-corrected chi connectivity index (χ4v) is 12.4. The fraction of sp³-hybridized carbons (Fsp3) is 0.650. The van der Waals surface area contributed by atoms with Crippen molar-refractivity contribution in [2.75, 3.05) is 0 Å². The number of ether oxygens (including phenoxy) is 1. The molecule has 4 atom stereocenters. The van der Waals surface area contributed by atoms with Crippen molar-refractivity contribution >= 4 is 38.8 Å². The van der Waals surface area contributed by atoms with E-state index in [-0.39, 0.29) is 34.2 Å². The number of ketones is 1. The SMILES string of the molecule is CCCCCC[C@H](C(=O)[C@H](C)O[Si](C)(C)C(C)(C)C)[C@@H](OC(=O)CC(C)C)[C@H](C)O[Si](c1ccccc1)(c1ccccc1)C(C)(C)C. The molecule has 0 heterocycles. The lowest BCUT2D eigenvalue weighted by Crippen LogP contribution is -2.68. The Bertz CT molecular complexity index is 1190. The van der Waals surface area contributed by atoms with Gasteiger partial charge < -0.3 is 13.6 Å². The Balaban J connectivity index is 2.73. The third kappa shape index (κ3) is 11.0. The topological polar surface area (TPSA) is 61.8 Å². The van der Waals surface area contributed by atoms with Gasteiger partial charge in [0.25, 0.3) is 8.32 Å². The Morgan fingerprint density at radius 2 is 1.23 bits per heavy atom. The van der Waals surface area contributed by atoms with E-state index in [1.54, 1.807) is 0 Å². The Morgan fingerprint density at radius 3 is 1.66 bits per heavy atom. The largest absolute Gasteiger partial charge is 0.459 e. The molecule has 0 bridgehead atoms. The molecule has 0 aromatic heterocycles. The highest BCUT2D eigenvalue weighted by Crippen LogP contribution is 2.40. The quantitative estimate of drug-likeness (QED) is 0.0891. The van der Waals surface area contributed by atoms with Crippen LogP contribution in [0.5, 0.6) is 0 Å². The van der Waals surface area contributed by atoms with Gasteiger partial charge in [0, 0.05) is 6.42 Å². The van der Waals surface area contributed by atoms with Crippen molar-refractivity contribution in [3.63, 3.8) is 0 Å². The summed E-state index contributed by atoms with van der Waals surface area (Å²) >= 11 is 0. The van der Waals surface area contributed by atoms with Crippen LogP contribution in [-0.4, -0.2) is 46.7 Å². The van der Waals surface area contributed by atoms with Crippen molar-refractivity contribution in [2.45, 2.75) is 156 Å². The molecule has 7 heteroatoms. The normalized spacial score (nSPS) is 15.6. The van der Waals surface area contributed by atoms with Crippen molar-refractivity contribution in [3.05, 3.63) is 60.7 Å². The molecular formula is C40H66O5Si2. The molecule has 0 unspecified atom stereocenters. The molecule has 2 aromatic carbocycles. The molecule has 2 aromatic rings. The van der Waals surface area contributed by atoms with E-state index in [0.717, 1.165) is 36.1 Å². The van der Waals surface area contributed by atoms with Crippen LogP contribution in [0.2, 0.25) is 23.2 Å². The molecule has 0 N–H and O–H groups in total. The van der Waals surface area contributed by atoms with Crippen molar-refractivity contribution < 1.29 is 23.2 Å². The molecule has 264 valence electrons. The van der Waals surface area contributed by atoms with Crippen LogP contribution < -0.4 is 10.4 Å².